The van der Waals surface area contributed by atoms with E-state index in [-0.39, 0.29) is 21.3 Å². The van der Waals surface area contributed by atoms with Gasteiger partial charge in [-0.2, -0.15) is 0 Å². The lowest BCUT2D eigenvalue weighted by molar-refractivity contribution is -0.113. The Labute approximate surface area is 169 Å². The maximum atomic E-state index is 12.8. The molecule has 7 nitrogen and oxygen atoms in total. The van der Waals surface area contributed by atoms with E-state index in [1.54, 1.807) is 25.1 Å². The standard InChI is InChI=1S/C19H15NO6S2/c1-2-26-15-7-10(3-6-13(15)21)8-16-17(23)20(19(27)28-16)11-4-5-12(18(24)25)14(22)9-11/h3-9,21-22H,2H2,1H3,(H,24,25)/b16-8-. The number of hydrogen-bond acceptors (Lipinski definition) is 7. The fraction of sp³-hybridized carbons (Fsp3) is 0.105. The highest BCUT2D eigenvalue weighted by molar-refractivity contribution is 8.27. The summed E-state index contributed by atoms with van der Waals surface area (Å²) in [4.78, 5) is 25.4. The molecule has 3 N–H and O–H groups in total. The van der Waals surface area contributed by atoms with Crippen LogP contribution < -0.4 is 9.64 Å². The van der Waals surface area contributed by atoms with E-state index in [1.165, 1.54) is 29.2 Å². The summed E-state index contributed by atoms with van der Waals surface area (Å²) >= 11 is 6.35. The van der Waals surface area contributed by atoms with Gasteiger partial charge in [-0.15, -0.1) is 0 Å². The van der Waals surface area contributed by atoms with Crippen LogP contribution in [0.15, 0.2) is 41.3 Å². The second kappa shape index (κ2) is 7.91. The quantitative estimate of drug-likeness (QED) is 0.500. The minimum atomic E-state index is -1.27. The number of carboxylic acid groups (broad SMARTS) is 1. The number of phenols is 2. The summed E-state index contributed by atoms with van der Waals surface area (Å²) in [5, 5.41) is 28.7. The summed E-state index contributed by atoms with van der Waals surface area (Å²) in [6, 6.07) is 8.52. The Bertz CT molecular complexity index is 1020. The summed E-state index contributed by atoms with van der Waals surface area (Å²) in [6.45, 7) is 2.18. The molecule has 1 aliphatic heterocycles. The van der Waals surface area contributed by atoms with E-state index in [2.05, 4.69) is 0 Å². The Morgan fingerprint density at radius 2 is 1.96 bits per heavy atom. The van der Waals surface area contributed by atoms with Crippen LogP contribution in [0.3, 0.4) is 0 Å². The average molecular weight is 417 g/mol. The number of hydrogen-bond donors (Lipinski definition) is 3. The predicted molar refractivity (Wildman–Crippen MR) is 110 cm³/mol. The fourth-order valence-electron chi connectivity index (χ4n) is 2.57. The number of carbonyl (C=O) groups is 2. The number of carboxylic acids is 1. The van der Waals surface area contributed by atoms with E-state index in [0.29, 0.717) is 22.8 Å². The second-order valence-corrected chi connectivity index (χ2v) is 7.36. The monoisotopic (exact) mass is 417 g/mol. The SMILES string of the molecule is CCOc1cc(/C=C2\SC(=S)N(c3ccc(C(=O)O)c(O)c3)C2=O)ccc1O. The summed E-state index contributed by atoms with van der Waals surface area (Å²) in [7, 11) is 0. The molecule has 0 saturated carbocycles. The number of ether oxygens (including phenoxy) is 1. The molecular weight excluding hydrogens is 402 g/mol. The van der Waals surface area contributed by atoms with Crippen LogP contribution >= 0.6 is 24.0 Å². The van der Waals surface area contributed by atoms with Gasteiger partial charge in [-0.3, -0.25) is 9.69 Å². The van der Waals surface area contributed by atoms with Gasteiger partial charge in [0.25, 0.3) is 5.91 Å². The molecule has 0 spiro atoms. The molecule has 1 saturated heterocycles. The van der Waals surface area contributed by atoms with E-state index in [1.807, 2.05) is 0 Å². The number of phenolic OH excluding ortho intramolecular Hbond substituents is 1. The van der Waals surface area contributed by atoms with Crippen molar-refractivity contribution < 1.29 is 29.6 Å². The van der Waals surface area contributed by atoms with Crippen molar-refractivity contribution in [3.05, 3.63) is 52.4 Å². The number of rotatable bonds is 5. The zero-order valence-corrected chi connectivity index (χ0v) is 16.2. The van der Waals surface area contributed by atoms with Crippen molar-refractivity contribution >= 4 is 51.9 Å². The first-order valence-corrected chi connectivity index (χ1v) is 9.34. The smallest absolute Gasteiger partial charge is 0.339 e. The van der Waals surface area contributed by atoms with E-state index < -0.39 is 17.6 Å². The highest BCUT2D eigenvalue weighted by atomic mass is 32.2. The summed E-state index contributed by atoms with van der Waals surface area (Å²) in [5.74, 6) is -1.82. The largest absolute Gasteiger partial charge is 0.507 e. The average Bonchev–Trinajstić information content (AvgIpc) is 2.91. The molecule has 0 atom stereocenters. The number of aromatic hydroxyl groups is 2. The topological polar surface area (TPSA) is 107 Å². The molecule has 0 aromatic heterocycles. The Kier molecular flexibility index (Phi) is 5.57. The van der Waals surface area contributed by atoms with Crippen molar-refractivity contribution in [2.24, 2.45) is 0 Å². The number of benzene rings is 2. The number of thiocarbonyl (C=S) groups is 1. The van der Waals surface area contributed by atoms with Crippen LogP contribution in [0, 0.1) is 0 Å². The molecule has 0 bridgehead atoms. The van der Waals surface area contributed by atoms with Crippen LogP contribution in [0.25, 0.3) is 6.08 Å². The van der Waals surface area contributed by atoms with Crippen molar-refractivity contribution in [2.45, 2.75) is 6.92 Å². The molecule has 2 aromatic rings. The molecule has 0 radical (unpaired) electrons. The third kappa shape index (κ3) is 3.80. The Balaban J connectivity index is 1.92. The van der Waals surface area contributed by atoms with Crippen LogP contribution in [-0.4, -0.2) is 38.1 Å². The van der Waals surface area contributed by atoms with Crippen LogP contribution in [-0.2, 0) is 4.79 Å². The molecule has 0 aliphatic carbocycles. The molecule has 144 valence electrons. The van der Waals surface area contributed by atoms with Crippen LogP contribution in [0.2, 0.25) is 0 Å². The first kappa shape index (κ1) is 19.7. The molecule has 28 heavy (non-hydrogen) atoms. The molecule has 9 heteroatoms. The lowest BCUT2D eigenvalue weighted by atomic mass is 10.1. The normalized spacial score (nSPS) is 15.3. The van der Waals surface area contributed by atoms with Crippen molar-refractivity contribution in [3.8, 4) is 17.2 Å². The van der Waals surface area contributed by atoms with Gasteiger partial charge in [0.05, 0.1) is 17.2 Å². The zero-order chi connectivity index (χ0) is 20.4. The number of carbonyl (C=O) groups excluding carboxylic acids is 1. The molecule has 1 fully saturated rings. The number of aromatic carboxylic acids is 1. The molecule has 0 unspecified atom stereocenters. The third-order valence-electron chi connectivity index (χ3n) is 3.85. The number of nitrogens with zero attached hydrogens (tertiary/aromatic N) is 1. The molecule has 1 amide bonds. The molecule has 2 aromatic carbocycles. The molecule has 1 aliphatic rings. The lowest BCUT2D eigenvalue weighted by Gasteiger charge is -2.15. The van der Waals surface area contributed by atoms with Gasteiger partial charge < -0.3 is 20.1 Å². The lowest BCUT2D eigenvalue weighted by Crippen LogP contribution is -2.27. The summed E-state index contributed by atoms with van der Waals surface area (Å²) < 4.78 is 5.59. The van der Waals surface area contributed by atoms with Gasteiger partial charge in [0.15, 0.2) is 15.8 Å². The molecule has 1 heterocycles. The van der Waals surface area contributed by atoms with Crippen LogP contribution in [0.1, 0.15) is 22.8 Å². The number of anilines is 1. The van der Waals surface area contributed by atoms with Gasteiger partial charge in [0.1, 0.15) is 11.3 Å². The minimum absolute atomic E-state index is 0.000504. The fourth-order valence-corrected chi connectivity index (χ4v) is 3.87. The van der Waals surface area contributed by atoms with Gasteiger partial charge >= 0.3 is 5.97 Å². The Hall–Kier alpha value is -3.04. The van der Waals surface area contributed by atoms with E-state index >= 15 is 0 Å². The van der Waals surface area contributed by atoms with Crippen molar-refractivity contribution in [2.75, 3.05) is 11.5 Å². The Morgan fingerprint density at radius 3 is 2.61 bits per heavy atom. The molecule has 3 rings (SSSR count). The summed E-state index contributed by atoms with van der Waals surface area (Å²) in [6.07, 6.45) is 1.62. The van der Waals surface area contributed by atoms with Crippen molar-refractivity contribution in [3.63, 3.8) is 0 Å². The zero-order valence-electron chi connectivity index (χ0n) is 14.6. The highest BCUT2D eigenvalue weighted by Gasteiger charge is 2.33. The first-order valence-electron chi connectivity index (χ1n) is 8.12. The van der Waals surface area contributed by atoms with Crippen LogP contribution in [0.4, 0.5) is 5.69 Å². The maximum absolute atomic E-state index is 12.8. The Morgan fingerprint density at radius 1 is 1.21 bits per heavy atom. The van der Waals surface area contributed by atoms with E-state index in [4.69, 9.17) is 22.1 Å². The maximum Gasteiger partial charge on any atom is 0.339 e. The van der Waals surface area contributed by atoms with Gasteiger partial charge in [-0.1, -0.05) is 30.0 Å². The number of amides is 1. The molecular formula is C19H15NO6S2. The minimum Gasteiger partial charge on any atom is -0.507 e. The third-order valence-corrected chi connectivity index (χ3v) is 5.15. The number of thioether (sulfide) groups is 1. The van der Waals surface area contributed by atoms with Gasteiger partial charge in [0.2, 0.25) is 0 Å². The predicted octanol–water partition coefficient (Wildman–Crippen LogP) is 3.60. The highest BCUT2D eigenvalue weighted by Crippen LogP contribution is 2.38. The first-order chi connectivity index (χ1) is 13.3. The summed E-state index contributed by atoms with van der Waals surface area (Å²) in [5.41, 5.74) is 0.650. The second-order valence-electron chi connectivity index (χ2n) is 5.68. The van der Waals surface area contributed by atoms with Crippen molar-refractivity contribution in [1.29, 1.82) is 0 Å². The van der Waals surface area contributed by atoms with Gasteiger partial charge in [0, 0.05) is 6.07 Å². The van der Waals surface area contributed by atoms with E-state index in [0.717, 1.165) is 11.8 Å². The van der Waals surface area contributed by atoms with Crippen molar-refractivity contribution in [1.82, 2.24) is 0 Å². The van der Waals surface area contributed by atoms with E-state index in [9.17, 15) is 19.8 Å². The van der Waals surface area contributed by atoms with Gasteiger partial charge in [-0.05, 0) is 42.8 Å². The van der Waals surface area contributed by atoms with Gasteiger partial charge in [-0.25, -0.2) is 4.79 Å². The van der Waals surface area contributed by atoms with Crippen LogP contribution in [0.5, 0.6) is 17.2 Å².